The largest absolute Gasteiger partial charge is 0.508 e. The van der Waals surface area contributed by atoms with Gasteiger partial charge in [-0.25, -0.2) is 0 Å². The van der Waals surface area contributed by atoms with E-state index in [1.165, 1.54) is 0 Å². The summed E-state index contributed by atoms with van der Waals surface area (Å²) in [5.41, 5.74) is -1.51. The number of hydrogen-bond donors (Lipinski definition) is 7. The molecule has 2 aromatic carbocycles. The van der Waals surface area contributed by atoms with E-state index in [4.69, 9.17) is 4.74 Å². The molecule has 0 aliphatic carbocycles. The molecule has 0 amide bonds. The molecule has 0 radical (unpaired) electrons. The number of aromatic hydroxyl groups is 4. The minimum absolute atomic E-state index is 0.570. The van der Waals surface area contributed by atoms with Crippen LogP contribution in [0.25, 0.3) is 0 Å². The van der Waals surface area contributed by atoms with Crippen LogP contribution < -0.4 is 4.74 Å². The highest BCUT2D eigenvalue weighted by Crippen LogP contribution is 2.54. The lowest BCUT2D eigenvalue weighted by molar-refractivity contribution is -0.0236. The zero-order chi connectivity index (χ0) is 21.9. The lowest BCUT2D eigenvalue weighted by atomic mass is 9.92. The first-order valence-electron chi connectivity index (χ1n) is 7.59. The minimum atomic E-state index is -5.58. The Morgan fingerprint density at radius 2 is 1.48 bits per heavy atom. The topological polar surface area (TPSA) is 219 Å². The minimum Gasteiger partial charge on any atom is -0.508 e. The van der Waals surface area contributed by atoms with Crippen LogP contribution >= 0.6 is 0 Å². The summed E-state index contributed by atoms with van der Waals surface area (Å²) in [6.07, 6.45) is -2.78. The molecule has 3 atom stereocenters. The van der Waals surface area contributed by atoms with Crippen LogP contribution in [0.5, 0.6) is 28.7 Å². The first kappa shape index (κ1) is 20.9. The van der Waals surface area contributed by atoms with E-state index in [-0.39, 0.29) is 0 Å². The summed E-state index contributed by atoms with van der Waals surface area (Å²) in [5.74, 6) is -4.09. The Labute approximate surface area is 163 Å². The molecule has 3 rings (SSSR count). The number of aliphatic hydroxyl groups is 1. The van der Waals surface area contributed by atoms with Crippen LogP contribution in [0.1, 0.15) is 16.4 Å². The Bertz CT molecular complexity index is 1200. The highest BCUT2D eigenvalue weighted by atomic mass is 32.2. The van der Waals surface area contributed by atoms with Crippen molar-refractivity contribution in [3.8, 4) is 28.7 Å². The molecule has 0 fully saturated rings. The van der Waals surface area contributed by atoms with E-state index in [0.29, 0.717) is 18.2 Å². The van der Waals surface area contributed by atoms with Gasteiger partial charge in [0.15, 0.2) is 11.5 Å². The average Bonchev–Trinajstić information content (AvgIpc) is 2.55. The van der Waals surface area contributed by atoms with Crippen molar-refractivity contribution in [2.24, 2.45) is 0 Å². The van der Waals surface area contributed by atoms with Gasteiger partial charge in [-0.1, -0.05) is 0 Å². The number of hydrogen-bond acceptors (Lipinski definition) is 10. The van der Waals surface area contributed by atoms with Crippen LogP contribution in [0.4, 0.5) is 0 Å². The molecule has 0 aromatic heterocycles. The van der Waals surface area contributed by atoms with E-state index >= 15 is 0 Å². The fourth-order valence-corrected chi connectivity index (χ4v) is 5.38. The van der Waals surface area contributed by atoms with Crippen molar-refractivity contribution >= 4 is 20.2 Å². The van der Waals surface area contributed by atoms with Crippen LogP contribution in [-0.2, 0) is 25.2 Å². The molecule has 7 N–H and O–H groups in total. The average molecular weight is 450 g/mol. The van der Waals surface area contributed by atoms with Crippen molar-refractivity contribution in [1.29, 1.82) is 0 Å². The molecule has 14 heteroatoms. The summed E-state index contributed by atoms with van der Waals surface area (Å²) in [4.78, 5) is -3.34. The van der Waals surface area contributed by atoms with Crippen molar-refractivity contribution in [3.05, 3.63) is 41.5 Å². The van der Waals surface area contributed by atoms with Crippen LogP contribution in [0, 0.1) is 0 Å². The molecule has 0 saturated carbocycles. The highest BCUT2D eigenvalue weighted by molar-refractivity contribution is 7.87. The molecule has 1 heterocycles. The monoisotopic (exact) mass is 450 g/mol. The van der Waals surface area contributed by atoms with Gasteiger partial charge in [0, 0.05) is 17.7 Å². The molecular formula is C15H14O12S2. The molecule has 3 unspecified atom stereocenters. The van der Waals surface area contributed by atoms with E-state index in [0.717, 1.165) is 12.1 Å². The molecule has 0 bridgehead atoms. The molecule has 1 aliphatic rings. The van der Waals surface area contributed by atoms with E-state index in [1.807, 2.05) is 0 Å². The van der Waals surface area contributed by atoms with Crippen molar-refractivity contribution in [2.75, 3.05) is 0 Å². The SMILES string of the molecule is O=S(=O)(O)C1c2c(O)cc(O)cc2OC(c2ccc(O)c(O)c2)(S(=O)(=O)O)C1O. The number of ether oxygens (including phenoxy) is 1. The third kappa shape index (κ3) is 3.10. The fraction of sp³-hybridized carbons (Fsp3) is 0.200. The molecule has 0 spiro atoms. The second kappa shape index (κ2) is 6.36. The van der Waals surface area contributed by atoms with Crippen LogP contribution in [0.2, 0.25) is 0 Å². The van der Waals surface area contributed by atoms with E-state index in [9.17, 15) is 51.5 Å². The van der Waals surface area contributed by atoms with Crippen LogP contribution in [0.3, 0.4) is 0 Å². The van der Waals surface area contributed by atoms with E-state index in [1.54, 1.807) is 0 Å². The summed E-state index contributed by atoms with van der Waals surface area (Å²) in [6, 6.07) is 3.46. The quantitative estimate of drug-likeness (QED) is 0.241. The van der Waals surface area contributed by atoms with Gasteiger partial charge < -0.3 is 30.3 Å². The highest BCUT2D eigenvalue weighted by Gasteiger charge is 2.63. The summed E-state index contributed by atoms with van der Waals surface area (Å²) >= 11 is 0. The number of rotatable bonds is 3. The van der Waals surface area contributed by atoms with Crippen LogP contribution in [-0.4, -0.2) is 57.6 Å². The first-order valence-corrected chi connectivity index (χ1v) is 10.5. The van der Waals surface area contributed by atoms with Gasteiger partial charge in [0.25, 0.3) is 15.1 Å². The predicted molar refractivity (Wildman–Crippen MR) is 93.7 cm³/mol. The van der Waals surface area contributed by atoms with Crippen LogP contribution in [0.15, 0.2) is 30.3 Å². The standard InChI is InChI=1S/C15H14O12S2/c16-7-4-10(19)12-11(5-7)27-15(29(24,25)26,14(20)13(12)28(21,22)23)6-1-2-8(17)9(18)3-6/h1-5,13-14,16-20H,(H,21,22,23)(H,24,25,26). The van der Waals surface area contributed by atoms with Gasteiger partial charge in [-0.15, -0.1) is 0 Å². The lowest BCUT2D eigenvalue weighted by Gasteiger charge is -2.42. The molecule has 12 nitrogen and oxygen atoms in total. The zero-order valence-electron chi connectivity index (χ0n) is 14.0. The Hall–Kier alpha value is -2.78. The molecular weight excluding hydrogens is 436 g/mol. The number of phenols is 4. The normalized spacial score (nSPS) is 24.5. The first-order chi connectivity index (χ1) is 13.2. The Balaban J connectivity index is 2.46. The molecule has 158 valence electrons. The molecule has 29 heavy (non-hydrogen) atoms. The third-order valence-corrected chi connectivity index (χ3v) is 6.87. The second-order valence-electron chi connectivity index (χ2n) is 6.21. The predicted octanol–water partition coefficient (Wildman–Crippen LogP) is -0.0680. The van der Waals surface area contributed by atoms with Crippen molar-refractivity contribution < 1.29 is 56.2 Å². The second-order valence-corrected chi connectivity index (χ2v) is 9.30. The maximum Gasteiger partial charge on any atom is 0.313 e. The van der Waals surface area contributed by atoms with Crippen molar-refractivity contribution in [3.63, 3.8) is 0 Å². The van der Waals surface area contributed by atoms with Gasteiger partial charge >= 0.3 is 10.1 Å². The summed E-state index contributed by atoms with van der Waals surface area (Å²) in [5, 5.41) is 46.9. The summed E-state index contributed by atoms with van der Waals surface area (Å²) in [7, 11) is -10.9. The maximum atomic E-state index is 12.3. The van der Waals surface area contributed by atoms with Gasteiger partial charge in [-0.3, -0.25) is 9.11 Å². The molecule has 1 aliphatic heterocycles. The van der Waals surface area contributed by atoms with Gasteiger partial charge in [0.2, 0.25) is 0 Å². The van der Waals surface area contributed by atoms with Gasteiger partial charge in [0.05, 0.1) is 5.56 Å². The summed E-state index contributed by atoms with van der Waals surface area (Å²) in [6.45, 7) is 0. The lowest BCUT2D eigenvalue weighted by Crippen LogP contribution is -2.57. The Morgan fingerprint density at radius 3 is 2.00 bits per heavy atom. The molecule has 2 aromatic rings. The zero-order valence-corrected chi connectivity index (χ0v) is 15.7. The van der Waals surface area contributed by atoms with Crippen molar-refractivity contribution in [1.82, 2.24) is 0 Å². The van der Waals surface area contributed by atoms with Gasteiger partial charge in [0.1, 0.15) is 28.6 Å². The van der Waals surface area contributed by atoms with E-state index in [2.05, 4.69) is 0 Å². The number of benzene rings is 2. The fourth-order valence-electron chi connectivity index (χ4n) is 3.18. The summed E-state index contributed by atoms with van der Waals surface area (Å²) < 4.78 is 73.2. The Kier molecular flexibility index (Phi) is 4.59. The van der Waals surface area contributed by atoms with Gasteiger partial charge in [-0.05, 0) is 18.2 Å². The number of phenolic OH excluding ortho intramolecular Hbond substituents is 4. The third-order valence-electron chi connectivity index (χ3n) is 4.41. The number of fused-ring (bicyclic) bond motifs is 1. The maximum absolute atomic E-state index is 12.3. The Morgan fingerprint density at radius 1 is 0.862 bits per heavy atom. The van der Waals surface area contributed by atoms with Crippen molar-refractivity contribution in [2.45, 2.75) is 16.3 Å². The van der Waals surface area contributed by atoms with Gasteiger partial charge in [-0.2, -0.15) is 16.8 Å². The number of aliphatic hydroxyl groups excluding tert-OH is 1. The molecule has 0 saturated heterocycles. The van der Waals surface area contributed by atoms with E-state index < -0.39 is 76.4 Å². The smallest absolute Gasteiger partial charge is 0.313 e.